The van der Waals surface area contributed by atoms with Crippen LogP contribution in [0.4, 0.5) is 0 Å². The minimum absolute atomic E-state index is 0.0601. The molecular formula is C12H12O4. The molecule has 0 fully saturated rings. The Balaban J connectivity index is 2.78. The van der Waals surface area contributed by atoms with Crippen molar-refractivity contribution in [3.05, 3.63) is 39.7 Å². The van der Waals surface area contributed by atoms with Crippen LogP contribution >= 0.6 is 0 Å². The summed E-state index contributed by atoms with van der Waals surface area (Å²) in [6, 6.07) is 4.65. The fraction of sp³-hybridized carbons (Fsp3) is 0.250. The van der Waals surface area contributed by atoms with Crippen LogP contribution in [0.25, 0.3) is 11.0 Å². The molecule has 2 N–H and O–H groups in total. The highest BCUT2D eigenvalue weighted by Crippen LogP contribution is 2.23. The van der Waals surface area contributed by atoms with Crippen molar-refractivity contribution >= 4 is 11.0 Å². The van der Waals surface area contributed by atoms with E-state index in [9.17, 15) is 9.90 Å². The van der Waals surface area contributed by atoms with Crippen molar-refractivity contribution in [2.24, 2.45) is 0 Å². The molecule has 1 aromatic carbocycles. The lowest BCUT2D eigenvalue weighted by molar-refractivity contribution is 0.297. The summed E-state index contributed by atoms with van der Waals surface area (Å²) in [5.74, 6) is 0.0601. The second-order valence-electron chi connectivity index (χ2n) is 3.65. The van der Waals surface area contributed by atoms with E-state index in [0.29, 0.717) is 11.1 Å². The maximum atomic E-state index is 11.6. The van der Waals surface area contributed by atoms with Gasteiger partial charge in [0.05, 0.1) is 0 Å². The van der Waals surface area contributed by atoms with Crippen molar-refractivity contribution in [1.82, 2.24) is 0 Å². The van der Waals surface area contributed by atoms with E-state index in [1.165, 1.54) is 12.1 Å². The van der Waals surface area contributed by atoms with Crippen molar-refractivity contribution in [3.63, 3.8) is 0 Å². The molecule has 84 valence electrons. The van der Waals surface area contributed by atoms with Gasteiger partial charge in [-0.1, -0.05) is 0 Å². The maximum absolute atomic E-state index is 11.6. The van der Waals surface area contributed by atoms with Gasteiger partial charge in [-0.05, 0) is 24.6 Å². The zero-order valence-electron chi connectivity index (χ0n) is 8.86. The molecule has 0 atom stereocenters. The Hall–Kier alpha value is -1.81. The van der Waals surface area contributed by atoms with Crippen molar-refractivity contribution in [3.8, 4) is 5.75 Å². The summed E-state index contributed by atoms with van der Waals surface area (Å²) in [7, 11) is 0. The average molecular weight is 220 g/mol. The molecule has 0 saturated heterocycles. The second kappa shape index (κ2) is 3.98. The summed E-state index contributed by atoms with van der Waals surface area (Å²) in [4.78, 5) is 11.6. The van der Waals surface area contributed by atoms with E-state index >= 15 is 0 Å². The fourth-order valence-corrected chi connectivity index (χ4v) is 1.78. The third-order valence-electron chi connectivity index (χ3n) is 2.63. The number of aliphatic hydroxyl groups excluding tert-OH is 1. The summed E-state index contributed by atoms with van der Waals surface area (Å²) < 4.78 is 5.08. The van der Waals surface area contributed by atoms with E-state index in [1.54, 1.807) is 13.0 Å². The first-order chi connectivity index (χ1) is 7.63. The van der Waals surface area contributed by atoms with Gasteiger partial charge < -0.3 is 14.6 Å². The predicted molar refractivity (Wildman–Crippen MR) is 59.7 cm³/mol. The fourth-order valence-electron chi connectivity index (χ4n) is 1.78. The average Bonchev–Trinajstić information content (AvgIpc) is 2.23. The van der Waals surface area contributed by atoms with Crippen LogP contribution in [0.5, 0.6) is 5.75 Å². The van der Waals surface area contributed by atoms with Gasteiger partial charge in [0.2, 0.25) is 0 Å². The number of benzene rings is 1. The highest BCUT2D eigenvalue weighted by Gasteiger charge is 2.10. The molecule has 2 rings (SSSR count). The molecule has 0 unspecified atom stereocenters. The quantitative estimate of drug-likeness (QED) is 0.749. The third-order valence-corrected chi connectivity index (χ3v) is 2.63. The van der Waals surface area contributed by atoms with E-state index in [0.717, 1.165) is 10.9 Å². The number of aliphatic hydroxyl groups is 1. The van der Waals surface area contributed by atoms with Gasteiger partial charge in [-0.15, -0.1) is 0 Å². The number of hydrogen-bond acceptors (Lipinski definition) is 4. The highest BCUT2D eigenvalue weighted by molar-refractivity contribution is 5.82. The number of hydrogen-bond donors (Lipinski definition) is 2. The number of phenolic OH excluding ortho intramolecular Hbond substituents is 1. The molecule has 0 amide bonds. The predicted octanol–water partition coefficient (Wildman–Crippen LogP) is 1.34. The Morgan fingerprint density at radius 3 is 2.81 bits per heavy atom. The highest BCUT2D eigenvalue weighted by atomic mass is 16.4. The molecule has 0 radical (unpaired) electrons. The van der Waals surface area contributed by atoms with Gasteiger partial charge in [0, 0.05) is 30.0 Å². The monoisotopic (exact) mass is 220 g/mol. The SMILES string of the molecule is Cc1c(CCO)c(=O)oc2cc(O)ccc12. The largest absolute Gasteiger partial charge is 0.508 e. The molecule has 4 nitrogen and oxygen atoms in total. The molecule has 0 bridgehead atoms. The van der Waals surface area contributed by atoms with Crippen LogP contribution in [0.15, 0.2) is 27.4 Å². The molecule has 0 saturated carbocycles. The van der Waals surface area contributed by atoms with E-state index in [1.807, 2.05) is 0 Å². The molecule has 0 aliphatic rings. The normalized spacial score (nSPS) is 10.9. The third kappa shape index (κ3) is 1.67. The Labute approximate surface area is 91.8 Å². The topological polar surface area (TPSA) is 70.7 Å². The summed E-state index contributed by atoms with van der Waals surface area (Å²) in [5, 5.41) is 18.9. The van der Waals surface area contributed by atoms with Crippen molar-refractivity contribution < 1.29 is 14.6 Å². The van der Waals surface area contributed by atoms with Crippen LogP contribution in [0.3, 0.4) is 0 Å². The molecule has 0 spiro atoms. The zero-order chi connectivity index (χ0) is 11.7. The summed E-state index contributed by atoms with van der Waals surface area (Å²) >= 11 is 0. The van der Waals surface area contributed by atoms with E-state index < -0.39 is 5.63 Å². The molecule has 0 aliphatic heterocycles. The standard InChI is InChI=1S/C12H12O4/c1-7-9-3-2-8(14)6-11(9)16-12(15)10(7)4-5-13/h2-3,6,13-14H,4-5H2,1H3. The van der Waals surface area contributed by atoms with E-state index in [4.69, 9.17) is 9.52 Å². The molecular weight excluding hydrogens is 208 g/mol. The van der Waals surface area contributed by atoms with Gasteiger partial charge in [0.1, 0.15) is 11.3 Å². The first-order valence-electron chi connectivity index (χ1n) is 4.99. The number of rotatable bonds is 2. The van der Waals surface area contributed by atoms with Crippen molar-refractivity contribution in [2.75, 3.05) is 6.61 Å². The van der Waals surface area contributed by atoms with Crippen LogP contribution in [-0.4, -0.2) is 16.8 Å². The zero-order valence-corrected chi connectivity index (χ0v) is 8.86. The van der Waals surface area contributed by atoms with Gasteiger partial charge in [-0.25, -0.2) is 4.79 Å². The van der Waals surface area contributed by atoms with E-state index in [2.05, 4.69) is 0 Å². The van der Waals surface area contributed by atoms with Crippen LogP contribution in [0, 0.1) is 6.92 Å². The lowest BCUT2D eigenvalue weighted by Crippen LogP contribution is -2.11. The Kier molecular flexibility index (Phi) is 2.66. The number of aryl methyl sites for hydroxylation is 1. The van der Waals surface area contributed by atoms with Crippen LogP contribution in [0.2, 0.25) is 0 Å². The van der Waals surface area contributed by atoms with Crippen molar-refractivity contribution in [2.45, 2.75) is 13.3 Å². The smallest absolute Gasteiger partial charge is 0.339 e. The molecule has 4 heteroatoms. The Bertz CT molecular complexity index is 583. The van der Waals surface area contributed by atoms with Gasteiger partial charge in [0.15, 0.2) is 0 Å². The second-order valence-corrected chi connectivity index (χ2v) is 3.65. The minimum Gasteiger partial charge on any atom is -0.508 e. The minimum atomic E-state index is -0.454. The molecule has 0 aliphatic carbocycles. The van der Waals surface area contributed by atoms with Crippen LogP contribution in [-0.2, 0) is 6.42 Å². The van der Waals surface area contributed by atoms with E-state index in [-0.39, 0.29) is 18.8 Å². The van der Waals surface area contributed by atoms with Crippen LogP contribution in [0.1, 0.15) is 11.1 Å². The van der Waals surface area contributed by atoms with Gasteiger partial charge in [-0.3, -0.25) is 0 Å². The lowest BCUT2D eigenvalue weighted by Gasteiger charge is -2.06. The molecule has 2 aromatic rings. The summed E-state index contributed by atoms with van der Waals surface area (Å²) in [6.45, 7) is 1.72. The van der Waals surface area contributed by atoms with Crippen molar-refractivity contribution in [1.29, 1.82) is 0 Å². The lowest BCUT2D eigenvalue weighted by atomic mass is 10.0. The molecule has 1 aromatic heterocycles. The Morgan fingerprint density at radius 1 is 1.38 bits per heavy atom. The maximum Gasteiger partial charge on any atom is 0.339 e. The Morgan fingerprint density at radius 2 is 2.12 bits per heavy atom. The number of phenols is 1. The molecule has 16 heavy (non-hydrogen) atoms. The van der Waals surface area contributed by atoms with Gasteiger partial charge in [-0.2, -0.15) is 0 Å². The number of aromatic hydroxyl groups is 1. The molecule has 1 heterocycles. The first-order valence-corrected chi connectivity index (χ1v) is 4.99. The first kappa shape index (κ1) is 10.7. The van der Waals surface area contributed by atoms with Gasteiger partial charge in [0.25, 0.3) is 0 Å². The van der Waals surface area contributed by atoms with Gasteiger partial charge >= 0.3 is 5.63 Å². The number of fused-ring (bicyclic) bond motifs is 1. The van der Waals surface area contributed by atoms with Crippen LogP contribution < -0.4 is 5.63 Å². The summed E-state index contributed by atoms with van der Waals surface area (Å²) in [6.07, 6.45) is 0.283. The summed E-state index contributed by atoms with van der Waals surface area (Å²) in [5.41, 5.74) is 1.19.